The van der Waals surface area contributed by atoms with Gasteiger partial charge in [0.2, 0.25) is 0 Å². The summed E-state index contributed by atoms with van der Waals surface area (Å²) >= 11 is 5.78. The van der Waals surface area contributed by atoms with Crippen LogP contribution in [0.15, 0.2) is 42.6 Å². The zero-order valence-corrected chi connectivity index (χ0v) is 13.3. The number of esters is 1. The lowest BCUT2D eigenvalue weighted by Gasteiger charge is -2.13. The number of nitrogens with zero attached hydrogens (tertiary/aromatic N) is 1. The molecule has 1 N–H and O–H groups in total. The summed E-state index contributed by atoms with van der Waals surface area (Å²) in [5.74, 6) is -0.495. The van der Waals surface area contributed by atoms with Crippen LogP contribution in [0.5, 0.6) is 5.75 Å². The van der Waals surface area contributed by atoms with Crippen LogP contribution in [-0.4, -0.2) is 30.1 Å². The number of pyridine rings is 1. The smallest absolute Gasteiger partial charge is 0.357 e. The van der Waals surface area contributed by atoms with Crippen LogP contribution >= 0.6 is 11.6 Å². The molecule has 1 aromatic carbocycles. The predicted octanol–water partition coefficient (Wildman–Crippen LogP) is 2.93. The van der Waals surface area contributed by atoms with Crippen molar-refractivity contribution in [3.63, 3.8) is 0 Å². The van der Waals surface area contributed by atoms with E-state index >= 15 is 0 Å². The van der Waals surface area contributed by atoms with Crippen LogP contribution in [0.25, 0.3) is 0 Å². The number of hydrogen-bond donors (Lipinski definition) is 1. The van der Waals surface area contributed by atoms with Gasteiger partial charge in [0, 0.05) is 16.9 Å². The van der Waals surface area contributed by atoms with E-state index in [4.69, 9.17) is 21.1 Å². The molecule has 1 atom stereocenters. The molecule has 1 amide bonds. The van der Waals surface area contributed by atoms with E-state index in [1.165, 1.54) is 25.3 Å². The Hall–Kier alpha value is -2.60. The van der Waals surface area contributed by atoms with Crippen LogP contribution in [0, 0.1) is 0 Å². The Morgan fingerprint density at radius 3 is 2.52 bits per heavy atom. The average Bonchev–Trinajstić information content (AvgIpc) is 2.55. The molecule has 0 radical (unpaired) electrons. The summed E-state index contributed by atoms with van der Waals surface area (Å²) in [5, 5.41) is 3.01. The number of nitrogens with one attached hydrogen (secondary N) is 1. The predicted molar refractivity (Wildman–Crippen MR) is 85.7 cm³/mol. The summed E-state index contributed by atoms with van der Waals surface area (Å²) in [6.07, 6.45) is 0.409. The number of aromatic nitrogens is 1. The van der Waals surface area contributed by atoms with Gasteiger partial charge >= 0.3 is 5.97 Å². The van der Waals surface area contributed by atoms with Gasteiger partial charge in [-0.3, -0.25) is 4.79 Å². The summed E-state index contributed by atoms with van der Waals surface area (Å²) < 4.78 is 10.1. The van der Waals surface area contributed by atoms with E-state index in [0.717, 1.165) is 0 Å². The molecule has 7 heteroatoms. The maximum Gasteiger partial charge on any atom is 0.357 e. The number of methoxy groups -OCH3 is 1. The van der Waals surface area contributed by atoms with Crippen LogP contribution < -0.4 is 10.1 Å². The van der Waals surface area contributed by atoms with E-state index in [9.17, 15) is 9.59 Å². The second kappa shape index (κ2) is 7.60. The van der Waals surface area contributed by atoms with E-state index in [0.29, 0.717) is 16.5 Å². The van der Waals surface area contributed by atoms with Gasteiger partial charge in [0.15, 0.2) is 6.10 Å². The van der Waals surface area contributed by atoms with E-state index in [1.54, 1.807) is 31.4 Å². The minimum atomic E-state index is -0.981. The van der Waals surface area contributed by atoms with Gasteiger partial charge in [-0.15, -0.1) is 0 Å². The lowest BCUT2D eigenvalue weighted by molar-refractivity contribution is -0.123. The van der Waals surface area contributed by atoms with E-state index in [-0.39, 0.29) is 5.69 Å². The number of anilines is 1. The van der Waals surface area contributed by atoms with E-state index < -0.39 is 18.0 Å². The normalized spacial score (nSPS) is 11.4. The van der Waals surface area contributed by atoms with Gasteiger partial charge in [-0.25, -0.2) is 9.78 Å². The molecule has 0 aliphatic heterocycles. The summed E-state index contributed by atoms with van der Waals surface area (Å²) in [6, 6.07) is 9.70. The van der Waals surface area contributed by atoms with Gasteiger partial charge in [-0.05, 0) is 43.3 Å². The average molecular weight is 335 g/mol. The second-order valence-electron chi connectivity index (χ2n) is 4.62. The molecule has 0 fully saturated rings. The van der Waals surface area contributed by atoms with Crippen molar-refractivity contribution in [3.8, 4) is 5.75 Å². The monoisotopic (exact) mass is 334 g/mol. The third-order valence-corrected chi connectivity index (χ3v) is 3.18. The van der Waals surface area contributed by atoms with E-state index in [1.807, 2.05) is 0 Å². The number of rotatable bonds is 5. The Bertz CT molecular complexity index is 703. The third-order valence-electron chi connectivity index (χ3n) is 2.94. The Balaban J connectivity index is 1.95. The zero-order valence-electron chi connectivity index (χ0n) is 12.6. The first-order valence-electron chi connectivity index (χ1n) is 6.77. The fourth-order valence-electron chi connectivity index (χ4n) is 1.71. The van der Waals surface area contributed by atoms with Crippen molar-refractivity contribution in [3.05, 3.63) is 53.3 Å². The van der Waals surface area contributed by atoms with Crippen molar-refractivity contribution in [2.75, 3.05) is 12.4 Å². The second-order valence-corrected chi connectivity index (χ2v) is 5.06. The van der Waals surface area contributed by atoms with Gasteiger partial charge in [-0.2, -0.15) is 0 Å². The number of hydrogen-bond acceptors (Lipinski definition) is 5. The van der Waals surface area contributed by atoms with Gasteiger partial charge in [-0.1, -0.05) is 11.6 Å². The van der Waals surface area contributed by atoms with Crippen molar-refractivity contribution in [2.45, 2.75) is 13.0 Å². The highest BCUT2D eigenvalue weighted by Gasteiger charge is 2.20. The fourth-order valence-corrected chi connectivity index (χ4v) is 1.87. The molecule has 6 nitrogen and oxygen atoms in total. The molecule has 2 rings (SSSR count). The molecule has 0 aliphatic carbocycles. The van der Waals surface area contributed by atoms with Crippen LogP contribution in [0.3, 0.4) is 0 Å². The van der Waals surface area contributed by atoms with Gasteiger partial charge in [0.1, 0.15) is 11.4 Å². The Kier molecular flexibility index (Phi) is 5.54. The molecular weight excluding hydrogens is 320 g/mol. The van der Waals surface area contributed by atoms with Gasteiger partial charge in [0.05, 0.1) is 7.11 Å². The van der Waals surface area contributed by atoms with Crippen LogP contribution in [0.2, 0.25) is 5.02 Å². The molecule has 23 heavy (non-hydrogen) atoms. The van der Waals surface area contributed by atoms with Crippen LogP contribution in [0.1, 0.15) is 17.4 Å². The first-order chi connectivity index (χ1) is 11.0. The highest BCUT2D eigenvalue weighted by Crippen LogP contribution is 2.16. The van der Waals surface area contributed by atoms with Crippen molar-refractivity contribution in [2.24, 2.45) is 0 Å². The molecule has 1 aromatic heterocycles. The van der Waals surface area contributed by atoms with Crippen molar-refractivity contribution in [1.29, 1.82) is 0 Å². The molecule has 0 spiro atoms. The molecule has 0 bridgehead atoms. The Morgan fingerprint density at radius 1 is 1.22 bits per heavy atom. The number of benzene rings is 1. The van der Waals surface area contributed by atoms with Crippen molar-refractivity contribution < 1.29 is 19.1 Å². The largest absolute Gasteiger partial charge is 0.497 e. The first kappa shape index (κ1) is 16.8. The molecule has 0 aliphatic rings. The number of ether oxygens (including phenoxy) is 2. The molecule has 2 aromatic rings. The SMILES string of the molecule is COc1ccc(NC(=O)[C@H](C)OC(=O)c2cc(Cl)ccn2)cc1. The first-order valence-corrected chi connectivity index (χ1v) is 7.15. The number of halogens is 1. The summed E-state index contributed by atoms with van der Waals surface area (Å²) in [6.45, 7) is 1.47. The topological polar surface area (TPSA) is 77.5 Å². The summed E-state index contributed by atoms with van der Waals surface area (Å²) in [4.78, 5) is 27.8. The Morgan fingerprint density at radius 2 is 1.91 bits per heavy atom. The molecule has 0 saturated carbocycles. The minimum Gasteiger partial charge on any atom is -0.497 e. The number of carbonyl (C=O) groups excluding carboxylic acids is 2. The molecule has 0 unspecified atom stereocenters. The lowest BCUT2D eigenvalue weighted by Crippen LogP contribution is -2.30. The van der Waals surface area contributed by atoms with Crippen LogP contribution in [0.4, 0.5) is 5.69 Å². The summed E-state index contributed by atoms with van der Waals surface area (Å²) in [5.41, 5.74) is 0.612. The van der Waals surface area contributed by atoms with Crippen molar-refractivity contribution >= 4 is 29.2 Å². The highest BCUT2D eigenvalue weighted by atomic mass is 35.5. The highest BCUT2D eigenvalue weighted by molar-refractivity contribution is 6.30. The van der Waals surface area contributed by atoms with Gasteiger partial charge in [0.25, 0.3) is 5.91 Å². The van der Waals surface area contributed by atoms with Gasteiger partial charge < -0.3 is 14.8 Å². The molecule has 120 valence electrons. The standard InChI is InChI=1S/C16H15ClN2O4/c1-10(23-16(21)14-9-11(17)7-8-18-14)15(20)19-12-3-5-13(22-2)6-4-12/h3-10H,1-2H3,(H,19,20)/t10-/m0/s1. The fraction of sp³-hybridized carbons (Fsp3) is 0.188. The third kappa shape index (κ3) is 4.69. The zero-order chi connectivity index (χ0) is 16.8. The quantitative estimate of drug-likeness (QED) is 0.851. The maximum atomic E-state index is 12.0. The van der Waals surface area contributed by atoms with Crippen LogP contribution in [-0.2, 0) is 9.53 Å². The number of carbonyl (C=O) groups is 2. The Labute approximate surface area is 138 Å². The molecular formula is C16H15ClN2O4. The maximum absolute atomic E-state index is 12.0. The molecule has 1 heterocycles. The molecule has 0 saturated heterocycles. The summed E-state index contributed by atoms with van der Waals surface area (Å²) in [7, 11) is 1.55. The number of amides is 1. The van der Waals surface area contributed by atoms with Crippen molar-refractivity contribution in [1.82, 2.24) is 4.98 Å². The lowest BCUT2D eigenvalue weighted by atomic mass is 10.3. The van der Waals surface area contributed by atoms with E-state index in [2.05, 4.69) is 10.3 Å². The minimum absolute atomic E-state index is 0.0431.